The molecule has 0 bridgehead atoms. The molecule has 0 radical (unpaired) electrons. The molecule has 1 N–H and O–H groups in total. The summed E-state index contributed by atoms with van der Waals surface area (Å²) in [4.78, 5) is 21.2. The lowest BCUT2D eigenvalue weighted by molar-refractivity contribution is -0.120. The van der Waals surface area contributed by atoms with Crippen LogP contribution in [-0.4, -0.2) is 26.9 Å². The quantitative estimate of drug-likeness (QED) is 0.455. The Morgan fingerprint density at radius 2 is 1.74 bits per heavy atom. The van der Waals surface area contributed by atoms with Crippen molar-refractivity contribution in [3.05, 3.63) is 101 Å². The molecule has 1 amide bonds. The van der Waals surface area contributed by atoms with Crippen molar-refractivity contribution in [2.45, 2.75) is 25.4 Å². The topological polar surface area (TPSA) is 39.3 Å². The second-order valence-corrected chi connectivity index (χ2v) is 8.66. The van der Waals surface area contributed by atoms with E-state index in [1.165, 1.54) is 10.9 Å². The van der Waals surface area contributed by atoms with Crippen LogP contribution in [0.1, 0.15) is 28.4 Å². The first-order chi connectivity index (χ1) is 15.1. The molecular formula is C26H21N3OS. The van der Waals surface area contributed by atoms with Crippen molar-refractivity contribution in [2.24, 2.45) is 0 Å². The molecule has 0 aliphatic carbocycles. The molecule has 0 spiro atoms. The van der Waals surface area contributed by atoms with E-state index in [-0.39, 0.29) is 18.0 Å². The summed E-state index contributed by atoms with van der Waals surface area (Å²) in [5.74, 6) is 0.0486. The fourth-order valence-electron chi connectivity index (χ4n) is 5.06. The molecule has 6 rings (SSSR count). The van der Waals surface area contributed by atoms with Gasteiger partial charge in [-0.05, 0) is 54.0 Å². The van der Waals surface area contributed by atoms with Crippen molar-refractivity contribution >= 4 is 39.8 Å². The van der Waals surface area contributed by atoms with Crippen LogP contribution in [0.5, 0.6) is 0 Å². The normalized spacial score (nSPS) is 20.3. The van der Waals surface area contributed by atoms with Gasteiger partial charge >= 0.3 is 0 Å². The smallest absolute Gasteiger partial charge is 0.256 e. The zero-order valence-electron chi connectivity index (χ0n) is 17.1. The molecular weight excluding hydrogens is 402 g/mol. The number of nitrogens with one attached hydrogen (secondary N) is 1. The van der Waals surface area contributed by atoms with Gasteiger partial charge in [0.15, 0.2) is 5.11 Å². The summed E-state index contributed by atoms with van der Waals surface area (Å²) in [6.07, 6.45) is 0.643. The third kappa shape index (κ3) is 2.66. The zero-order valence-corrected chi connectivity index (χ0v) is 17.9. The number of carbonyl (C=O) groups excluding carboxylic acids is 1. The second kappa shape index (κ2) is 6.79. The van der Waals surface area contributed by atoms with Gasteiger partial charge in [0.1, 0.15) is 6.04 Å². The Morgan fingerprint density at radius 1 is 0.968 bits per heavy atom. The van der Waals surface area contributed by atoms with Crippen molar-refractivity contribution in [3.8, 4) is 0 Å². The number of rotatable bonds is 2. The van der Waals surface area contributed by atoms with Gasteiger partial charge in [-0.2, -0.15) is 0 Å². The van der Waals surface area contributed by atoms with Gasteiger partial charge in [-0.25, -0.2) is 0 Å². The van der Waals surface area contributed by atoms with Gasteiger partial charge in [0.2, 0.25) is 0 Å². The lowest BCUT2D eigenvalue weighted by atomic mass is 9.89. The number of amides is 1. The average molecular weight is 424 g/mol. The Balaban J connectivity index is 1.55. The van der Waals surface area contributed by atoms with Gasteiger partial charge in [-0.15, -0.1) is 0 Å². The summed E-state index contributed by atoms with van der Waals surface area (Å²) in [5.41, 5.74) is 6.51. The standard InChI is InChI=1S/C26H21N3OS/c1-16-8-7-11-18(14-16)28-25(30)22-15-20-19-12-5-6-13-21(19)27-23(20)24(29(22)26(28)31)17-9-3-2-4-10-17/h2-14,22,24,27H,15H2,1H3. The van der Waals surface area contributed by atoms with E-state index in [2.05, 4.69) is 40.2 Å². The fourth-order valence-corrected chi connectivity index (χ4v) is 5.49. The first kappa shape index (κ1) is 18.3. The van der Waals surface area contributed by atoms with Crippen LogP contribution in [0.15, 0.2) is 78.9 Å². The highest BCUT2D eigenvalue weighted by Crippen LogP contribution is 2.44. The molecule has 152 valence electrons. The van der Waals surface area contributed by atoms with E-state index in [9.17, 15) is 4.79 Å². The van der Waals surface area contributed by atoms with E-state index in [0.29, 0.717) is 11.5 Å². The lowest BCUT2D eigenvalue weighted by Gasteiger charge is -2.37. The molecule has 1 aromatic heterocycles. The van der Waals surface area contributed by atoms with Gasteiger partial charge in [0, 0.05) is 23.0 Å². The molecule has 1 fully saturated rings. The lowest BCUT2D eigenvalue weighted by Crippen LogP contribution is -2.44. The molecule has 3 heterocycles. The van der Waals surface area contributed by atoms with Gasteiger partial charge in [-0.3, -0.25) is 9.69 Å². The summed E-state index contributed by atoms with van der Waals surface area (Å²) in [5, 5.41) is 1.75. The highest BCUT2D eigenvalue weighted by atomic mass is 32.1. The second-order valence-electron chi connectivity index (χ2n) is 8.30. The van der Waals surface area contributed by atoms with Crippen LogP contribution in [0.2, 0.25) is 0 Å². The molecule has 3 aromatic carbocycles. The number of H-pyrrole nitrogens is 1. The minimum Gasteiger partial charge on any atom is -0.356 e. The van der Waals surface area contributed by atoms with Crippen LogP contribution in [0.4, 0.5) is 5.69 Å². The maximum Gasteiger partial charge on any atom is 0.256 e. The van der Waals surface area contributed by atoms with Crippen LogP contribution < -0.4 is 4.90 Å². The Bertz CT molecular complexity index is 1340. The Labute approximate surface area is 186 Å². The minimum atomic E-state index is -0.315. The summed E-state index contributed by atoms with van der Waals surface area (Å²) in [6.45, 7) is 2.03. The average Bonchev–Trinajstić information content (AvgIpc) is 3.28. The predicted octanol–water partition coefficient (Wildman–Crippen LogP) is 5.12. The molecule has 0 saturated carbocycles. The van der Waals surface area contributed by atoms with E-state index in [4.69, 9.17) is 12.2 Å². The van der Waals surface area contributed by atoms with Crippen molar-refractivity contribution in [3.63, 3.8) is 0 Å². The molecule has 31 heavy (non-hydrogen) atoms. The monoisotopic (exact) mass is 423 g/mol. The summed E-state index contributed by atoms with van der Waals surface area (Å²) in [6, 6.07) is 26.2. The Morgan fingerprint density at radius 3 is 2.55 bits per heavy atom. The van der Waals surface area contributed by atoms with Crippen molar-refractivity contribution in [1.29, 1.82) is 0 Å². The fraction of sp³-hybridized carbons (Fsp3) is 0.154. The maximum atomic E-state index is 13.7. The van der Waals surface area contributed by atoms with Crippen LogP contribution in [0.25, 0.3) is 10.9 Å². The first-order valence-electron chi connectivity index (χ1n) is 10.5. The van der Waals surface area contributed by atoms with Crippen LogP contribution in [0, 0.1) is 6.92 Å². The van der Waals surface area contributed by atoms with Gasteiger partial charge in [-0.1, -0.05) is 60.7 Å². The van der Waals surface area contributed by atoms with Gasteiger partial charge in [0.05, 0.1) is 11.7 Å². The minimum absolute atomic E-state index is 0.0486. The summed E-state index contributed by atoms with van der Waals surface area (Å²) in [7, 11) is 0. The molecule has 4 aromatic rings. The van der Waals surface area contributed by atoms with E-state index < -0.39 is 0 Å². The third-order valence-corrected chi connectivity index (χ3v) is 6.82. The molecule has 4 nitrogen and oxygen atoms in total. The molecule has 5 heteroatoms. The number of hydrogen-bond donors (Lipinski definition) is 1. The molecule has 2 aliphatic rings. The molecule has 2 atom stereocenters. The number of fused-ring (bicyclic) bond motifs is 4. The van der Waals surface area contributed by atoms with Crippen LogP contribution in [0.3, 0.4) is 0 Å². The number of carbonyl (C=O) groups is 1. The molecule has 1 saturated heterocycles. The van der Waals surface area contributed by atoms with Gasteiger partial charge < -0.3 is 9.88 Å². The Kier molecular flexibility index (Phi) is 4.02. The number of benzene rings is 3. The largest absolute Gasteiger partial charge is 0.356 e. The van der Waals surface area contributed by atoms with E-state index in [1.54, 1.807) is 4.90 Å². The number of aromatic nitrogens is 1. The van der Waals surface area contributed by atoms with E-state index in [0.717, 1.165) is 28.0 Å². The predicted molar refractivity (Wildman–Crippen MR) is 127 cm³/mol. The third-order valence-electron chi connectivity index (χ3n) is 6.42. The van der Waals surface area contributed by atoms with Crippen molar-refractivity contribution < 1.29 is 4.79 Å². The zero-order chi connectivity index (χ0) is 21.1. The summed E-state index contributed by atoms with van der Waals surface area (Å²) < 4.78 is 0. The number of hydrogen-bond acceptors (Lipinski definition) is 2. The number of thiocarbonyl (C=S) groups is 1. The highest BCUT2D eigenvalue weighted by molar-refractivity contribution is 7.80. The summed E-state index contributed by atoms with van der Waals surface area (Å²) >= 11 is 5.94. The number of para-hydroxylation sites is 1. The number of anilines is 1. The van der Waals surface area contributed by atoms with E-state index in [1.807, 2.05) is 55.5 Å². The Hall–Kier alpha value is -3.44. The van der Waals surface area contributed by atoms with Crippen molar-refractivity contribution in [1.82, 2.24) is 9.88 Å². The first-order valence-corrected chi connectivity index (χ1v) is 10.9. The highest BCUT2D eigenvalue weighted by Gasteiger charge is 2.50. The van der Waals surface area contributed by atoms with Crippen LogP contribution >= 0.6 is 12.2 Å². The van der Waals surface area contributed by atoms with Crippen LogP contribution in [-0.2, 0) is 11.2 Å². The molecule has 2 unspecified atom stereocenters. The van der Waals surface area contributed by atoms with Gasteiger partial charge in [0.25, 0.3) is 5.91 Å². The maximum absolute atomic E-state index is 13.7. The SMILES string of the molecule is Cc1cccc(N2C(=O)C3Cc4c([nH]c5ccccc45)C(c4ccccc4)N3C2=S)c1. The molecule has 2 aliphatic heterocycles. The number of nitrogens with zero attached hydrogens (tertiary/aromatic N) is 2. The van der Waals surface area contributed by atoms with Crippen molar-refractivity contribution in [2.75, 3.05) is 4.90 Å². The van der Waals surface area contributed by atoms with E-state index >= 15 is 0 Å². The number of aryl methyl sites for hydroxylation is 1. The number of aromatic amines is 1.